The third kappa shape index (κ3) is 4.03. The molecule has 1 aliphatic carbocycles. The molecule has 0 spiro atoms. The number of hydrogen-bond acceptors (Lipinski definition) is 4. The van der Waals surface area contributed by atoms with Crippen LogP contribution in [0.3, 0.4) is 0 Å². The van der Waals surface area contributed by atoms with Crippen LogP contribution in [0.25, 0.3) is 10.2 Å². The molecular weight excluding hydrogens is 416 g/mol. The first-order valence-corrected chi connectivity index (χ1v) is 11.1. The number of thiophene rings is 1. The number of nitrogens with zero attached hydrogens (tertiary/aromatic N) is 2. The van der Waals surface area contributed by atoms with Crippen molar-refractivity contribution in [1.82, 2.24) is 14.9 Å². The van der Waals surface area contributed by atoms with E-state index in [0.29, 0.717) is 18.7 Å². The molecule has 4 aromatic rings. The van der Waals surface area contributed by atoms with Gasteiger partial charge in [0.15, 0.2) is 0 Å². The number of nitrogens with one attached hydrogen (secondary N) is 1. The van der Waals surface area contributed by atoms with E-state index in [1.807, 2.05) is 30.3 Å². The number of benzene rings is 2. The molecule has 1 N–H and O–H groups in total. The van der Waals surface area contributed by atoms with E-state index in [1.54, 1.807) is 22.2 Å². The molecule has 0 aliphatic heterocycles. The molecule has 0 fully saturated rings. The molecular formula is C24H21F2N3OS. The molecule has 4 nitrogen and oxygen atoms in total. The van der Waals surface area contributed by atoms with Gasteiger partial charge in [-0.05, 0) is 36.5 Å². The number of rotatable bonds is 5. The van der Waals surface area contributed by atoms with E-state index in [-0.39, 0.29) is 11.6 Å². The Morgan fingerprint density at radius 1 is 1.16 bits per heavy atom. The lowest BCUT2D eigenvalue weighted by atomic mass is 9.93. The number of hydrogen-bond donors (Lipinski definition) is 1. The predicted molar refractivity (Wildman–Crippen MR) is 118 cm³/mol. The molecule has 2 aromatic carbocycles. The molecule has 31 heavy (non-hydrogen) atoms. The Labute approximate surface area is 182 Å². The molecule has 1 aliphatic rings. The molecule has 5 rings (SSSR count). The lowest BCUT2D eigenvalue weighted by Gasteiger charge is -2.23. The number of aryl methyl sites for hydroxylation is 1. The summed E-state index contributed by atoms with van der Waals surface area (Å²) in [5.74, 6) is -1.10. The van der Waals surface area contributed by atoms with Crippen LogP contribution in [0.2, 0.25) is 0 Å². The summed E-state index contributed by atoms with van der Waals surface area (Å²) in [6, 6.07) is 13.7. The van der Waals surface area contributed by atoms with Gasteiger partial charge in [0.2, 0.25) is 0 Å². The van der Waals surface area contributed by atoms with Crippen molar-refractivity contribution in [2.45, 2.75) is 38.4 Å². The Morgan fingerprint density at radius 2 is 2.00 bits per heavy atom. The zero-order chi connectivity index (χ0) is 21.4. The zero-order valence-corrected chi connectivity index (χ0v) is 17.6. The topological polar surface area (TPSA) is 46.9 Å². The average Bonchev–Trinajstić information content (AvgIpc) is 3.14. The summed E-state index contributed by atoms with van der Waals surface area (Å²) in [5.41, 5.74) is 2.62. The van der Waals surface area contributed by atoms with Gasteiger partial charge in [-0.3, -0.25) is 9.36 Å². The summed E-state index contributed by atoms with van der Waals surface area (Å²) < 4.78 is 28.7. The van der Waals surface area contributed by atoms with Gasteiger partial charge in [0.25, 0.3) is 5.56 Å². The van der Waals surface area contributed by atoms with Crippen LogP contribution in [0.4, 0.5) is 8.78 Å². The highest BCUT2D eigenvalue weighted by Crippen LogP contribution is 2.33. The first-order valence-electron chi connectivity index (χ1n) is 10.3. The van der Waals surface area contributed by atoms with E-state index in [2.05, 4.69) is 10.3 Å². The highest BCUT2D eigenvalue weighted by molar-refractivity contribution is 7.18. The van der Waals surface area contributed by atoms with E-state index in [1.165, 1.54) is 17.0 Å². The van der Waals surface area contributed by atoms with Crippen molar-refractivity contribution in [3.05, 3.63) is 98.4 Å². The van der Waals surface area contributed by atoms with E-state index in [9.17, 15) is 13.6 Å². The van der Waals surface area contributed by atoms with Crippen molar-refractivity contribution >= 4 is 21.6 Å². The Hall–Kier alpha value is -2.90. The Kier molecular flexibility index (Phi) is 5.38. The maximum Gasteiger partial charge on any atom is 0.262 e. The lowest BCUT2D eigenvalue weighted by Crippen LogP contribution is -2.34. The molecule has 0 radical (unpaired) electrons. The van der Waals surface area contributed by atoms with Crippen LogP contribution in [-0.2, 0) is 25.9 Å². The maximum absolute atomic E-state index is 13.9. The molecule has 158 valence electrons. The highest BCUT2D eigenvalue weighted by atomic mass is 32.1. The first kappa shape index (κ1) is 20.0. The maximum atomic E-state index is 13.9. The molecule has 7 heteroatoms. The fourth-order valence-electron chi connectivity index (χ4n) is 4.19. The number of halogens is 2. The van der Waals surface area contributed by atoms with Crippen LogP contribution < -0.4 is 10.9 Å². The van der Waals surface area contributed by atoms with Gasteiger partial charge in [-0.25, -0.2) is 13.8 Å². The van der Waals surface area contributed by atoms with Gasteiger partial charge in [0, 0.05) is 29.1 Å². The average molecular weight is 438 g/mol. The van der Waals surface area contributed by atoms with Gasteiger partial charge < -0.3 is 5.32 Å². The van der Waals surface area contributed by atoms with Gasteiger partial charge in [-0.2, -0.15) is 0 Å². The minimum Gasteiger partial charge on any atom is -0.309 e. The minimum atomic E-state index is -0.570. The van der Waals surface area contributed by atoms with Crippen molar-refractivity contribution in [2.75, 3.05) is 0 Å². The smallest absolute Gasteiger partial charge is 0.262 e. The molecule has 0 saturated heterocycles. The number of fused-ring (bicyclic) bond motifs is 3. The fourth-order valence-corrected chi connectivity index (χ4v) is 5.45. The largest absolute Gasteiger partial charge is 0.309 e. The van der Waals surface area contributed by atoms with Gasteiger partial charge in [0.05, 0.1) is 18.3 Å². The van der Waals surface area contributed by atoms with Gasteiger partial charge in [-0.15, -0.1) is 11.3 Å². The summed E-state index contributed by atoms with van der Waals surface area (Å²) in [6.45, 7) is 0.847. The Morgan fingerprint density at radius 3 is 2.81 bits per heavy atom. The molecule has 0 saturated carbocycles. The van der Waals surface area contributed by atoms with E-state index < -0.39 is 11.6 Å². The molecule has 2 heterocycles. The molecule has 1 unspecified atom stereocenters. The van der Waals surface area contributed by atoms with Gasteiger partial charge in [-0.1, -0.05) is 36.4 Å². The summed E-state index contributed by atoms with van der Waals surface area (Å²) in [5, 5.41) is 4.12. The normalized spacial score (nSPS) is 15.9. The van der Waals surface area contributed by atoms with Crippen LogP contribution in [0.5, 0.6) is 0 Å². The van der Waals surface area contributed by atoms with E-state index in [0.717, 1.165) is 46.7 Å². The highest BCUT2D eigenvalue weighted by Gasteiger charge is 2.25. The SMILES string of the molecule is O=c1c2c3c(sc2ncn1Cc1ccccc1)CC(NCc1ccc(F)cc1F)CC3. The fraction of sp³-hybridized carbons (Fsp3) is 0.250. The predicted octanol–water partition coefficient (Wildman–Crippen LogP) is 4.43. The van der Waals surface area contributed by atoms with Gasteiger partial charge in [0.1, 0.15) is 16.5 Å². The van der Waals surface area contributed by atoms with Crippen LogP contribution in [0.1, 0.15) is 28.0 Å². The third-order valence-electron chi connectivity index (χ3n) is 5.83. The van der Waals surface area contributed by atoms with Crippen molar-refractivity contribution < 1.29 is 8.78 Å². The van der Waals surface area contributed by atoms with Crippen LogP contribution in [0, 0.1) is 11.6 Å². The van der Waals surface area contributed by atoms with E-state index >= 15 is 0 Å². The lowest BCUT2D eigenvalue weighted by molar-refractivity contribution is 0.454. The summed E-state index contributed by atoms with van der Waals surface area (Å²) in [6.07, 6.45) is 4.05. The summed E-state index contributed by atoms with van der Waals surface area (Å²) >= 11 is 1.57. The Bertz CT molecular complexity index is 1300. The van der Waals surface area contributed by atoms with Crippen molar-refractivity contribution in [3.8, 4) is 0 Å². The zero-order valence-electron chi connectivity index (χ0n) is 16.8. The van der Waals surface area contributed by atoms with Crippen molar-refractivity contribution in [2.24, 2.45) is 0 Å². The second-order valence-corrected chi connectivity index (χ2v) is 8.99. The Balaban J connectivity index is 1.36. The summed E-state index contributed by atoms with van der Waals surface area (Å²) in [7, 11) is 0. The minimum absolute atomic E-state index is 0.00569. The second kappa shape index (κ2) is 8.32. The van der Waals surface area contributed by atoms with Crippen LogP contribution in [-0.4, -0.2) is 15.6 Å². The first-order chi connectivity index (χ1) is 15.1. The summed E-state index contributed by atoms with van der Waals surface area (Å²) in [4.78, 5) is 19.7. The second-order valence-electron chi connectivity index (χ2n) is 7.90. The monoisotopic (exact) mass is 437 g/mol. The van der Waals surface area contributed by atoms with Crippen molar-refractivity contribution in [3.63, 3.8) is 0 Å². The molecule has 0 amide bonds. The number of aromatic nitrogens is 2. The quantitative estimate of drug-likeness (QED) is 0.502. The third-order valence-corrected chi connectivity index (χ3v) is 6.99. The van der Waals surface area contributed by atoms with Crippen LogP contribution in [0.15, 0.2) is 59.7 Å². The van der Waals surface area contributed by atoms with Crippen LogP contribution >= 0.6 is 11.3 Å². The molecule has 0 bridgehead atoms. The van der Waals surface area contributed by atoms with Crippen molar-refractivity contribution in [1.29, 1.82) is 0 Å². The van der Waals surface area contributed by atoms with E-state index in [4.69, 9.17) is 0 Å². The molecule has 1 atom stereocenters. The molecule has 2 aromatic heterocycles. The van der Waals surface area contributed by atoms with Gasteiger partial charge >= 0.3 is 0 Å². The standard InChI is InChI=1S/C24H21F2N3OS/c25-17-7-6-16(20(26)10-17)12-27-18-8-9-19-21(11-18)31-23-22(19)24(30)29(14-28-23)13-15-4-2-1-3-5-15/h1-7,10,14,18,27H,8-9,11-13H2.